The summed E-state index contributed by atoms with van der Waals surface area (Å²) < 4.78 is 5.31. The van der Waals surface area contributed by atoms with Crippen molar-refractivity contribution in [2.24, 2.45) is 0 Å². The lowest BCUT2D eigenvalue weighted by molar-refractivity contribution is 0.0943. The van der Waals surface area contributed by atoms with Crippen LogP contribution in [-0.2, 0) is 19.4 Å². The summed E-state index contributed by atoms with van der Waals surface area (Å²) in [5.74, 6) is 1.56. The zero-order valence-electron chi connectivity index (χ0n) is 17.8. The number of hydrogen-bond acceptors (Lipinski definition) is 6. The molecule has 3 rings (SSSR count). The Morgan fingerprint density at radius 2 is 2.00 bits per heavy atom. The predicted octanol–water partition coefficient (Wildman–Crippen LogP) is 2.49. The second kappa shape index (κ2) is 8.31. The molecule has 3 heterocycles. The van der Waals surface area contributed by atoms with Crippen molar-refractivity contribution in [3.05, 3.63) is 39.9 Å². The lowest BCUT2D eigenvalue weighted by atomic mass is 10.0. The van der Waals surface area contributed by atoms with Crippen LogP contribution in [0, 0.1) is 13.8 Å². The van der Waals surface area contributed by atoms with E-state index in [0.29, 0.717) is 5.56 Å². The maximum Gasteiger partial charge on any atom is 0.255 e. The molecule has 152 valence electrons. The lowest BCUT2D eigenvalue weighted by Crippen LogP contribution is -2.32. The Kier molecular flexibility index (Phi) is 6.03. The summed E-state index contributed by atoms with van der Waals surface area (Å²) in [5.41, 5.74) is 5.04. The maximum atomic E-state index is 12.7. The highest BCUT2D eigenvalue weighted by molar-refractivity contribution is 5.99. The molecule has 0 bridgehead atoms. The monoisotopic (exact) mass is 385 g/mol. The standard InChI is InChI=1S/C21H31N5O2/c1-13(2)22-21(27)17-11-16-7-9-26(12-18-14(3)24-28-15(18)4)10-8-19(16)23-20(17)25(5)6/h11,13H,7-10,12H2,1-6H3,(H,22,27). The summed E-state index contributed by atoms with van der Waals surface area (Å²) in [4.78, 5) is 21.9. The van der Waals surface area contributed by atoms with E-state index in [9.17, 15) is 4.79 Å². The van der Waals surface area contributed by atoms with E-state index in [4.69, 9.17) is 9.51 Å². The summed E-state index contributed by atoms with van der Waals surface area (Å²) in [6.45, 7) is 10.6. The molecule has 0 radical (unpaired) electrons. The van der Waals surface area contributed by atoms with Gasteiger partial charge in [0.05, 0.1) is 11.3 Å². The number of anilines is 1. The normalized spacial score (nSPS) is 14.7. The minimum absolute atomic E-state index is 0.0641. The van der Waals surface area contributed by atoms with Crippen molar-refractivity contribution >= 4 is 11.7 Å². The molecule has 0 saturated heterocycles. The van der Waals surface area contributed by atoms with Gasteiger partial charge in [-0.2, -0.15) is 0 Å². The molecule has 0 spiro atoms. The second-order valence-electron chi connectivity index (χ2n) is 8.07. The van der Waals surface area contributed by atoms with Gasteiger partial charge >= 0.3 is 0 Å². The van der Waals surface area contributed by atoms with Crippen LogP contribution in [0.5, 0.6) is 0 Å². The van der Waals surface area contributed by atoms with Gasteiger partial charge < -0.3 is 14.7 Å². The molecule has 0 aliphatic carbocycles. The van der Waals surface area contributed by atoms with Gasteiger partial charge in [-0.1, -0.05) is 5.16 Å². The fourth-order valence-corrected chi connectivity index (χ4v) is 3.63. The summed E-state index contributed by atoms with van der Waals surface area (Å²) in [6, 6.07) is 2.13. The quantitative estimate of drug-likeness (QED) is 0.852. The van der Waals surface area contributed by atoms with E-state index in [0.717, 1.165) is 55.4 Å². The number of nitrogens with one attached hydrogen (secondary N) is 1. The van der Waals surface area contributed by atoms with E-state index in [-0.39, 0.29) is 11.9 Å². The van der Waals surface area contributed by atoms with E-state index < -0.39 is 0 Å². The Hall–Kier alpha value is -2.41. The minimum Gasteiger partial charge on any atom is -0.362 e. The topological polar surface area (TPSA) is 74.5 Å². The first kappa shape index (κ1) is 20.3. The van der Waals surface area contributed by atoms with Gasteiger partial charge in [0.1, 0.15) is 11.6 Å². The lowest BCUT2D eigenvalue weighted by Gasteiger charge is -2.19. The van der Waals surface area contributed by atoms with Crippen LogP contribution in [0.15, 0.2) is 10.6 Å². The van der Waals surface area contributed by atoms with E-state index >= 15 is 0 Å². The van der Waals surface area contributed by atoms with Gasteiger partial charge in [0.2, 0.25) is 0 Å². The molecule has 1 N–H and O–H groups in total. The Labute approximate surface area is 167 Å². The highest BCUT2D eigenvalue weighted by Gasteiger charge is 2.23. The van der Waals surface area contributed by atoms with E-state index in [1.165, 1.54) is 11.1 Å². The fraction of sp³-hybridized carbons (Fsp3) is 0.571. The molecule has 28 heavy (non-hydrogen) atoms. The molecular formula is C21H31N5O2. The number of aryl methyl sites for hydroxylation is 2. The molecule has 1 aliphatic heterocycles. The predicted molar refractivity (Wildman–Crippen MR) is 110 cm³/mol. The SMILES string of the molecule is Cc1noc(C)c1CN1CCc2cc(C(=O)NC(C)C)c(N(C)C)nc2CC1. The first-order valence-electron chi connectivity index (χ1n) is 9.91. The summed E-state index contributed by atoms with van der Waals surface area (Å²) in [7, 11) is 3.86. The van der Waals surface area contributed by atoms with Gasteiger partial charge in [-0.15, -0.1) is 0 Å². The third-order valence-electron chi connectivity index (χ3n) is 5.18. The summed E-state index contributed by atoms with van der Waals surface area (Å²) in [5, 5.41) is 7.06. The van der Waals surface area contributed by atoms with E-state index in [1.807, 2.05) is 52.8 Å². The van der Waals surface area contributed by atoms with Gasteiger partial charge in [-0.05, 0) is 45.7 Å². The first-order chi connectivity index (χ1) is 13.3. The van der Waals surface area contributed by atoms with E-state index in [1.54, 1.807) is 0 Å². The van der Waals surface area contributed by atoms with Crippen molar-refractivity contribution < 1.29 is 9.32 Å². The number of hydrogen-bond donors (Lipinski definition) is 1. The van der Waals surface area contributed by atoms with Crippen molar-refractivity contribution in [2.45, 2.75) is 53.1 Å². The number of amides is 1. The Bertz CT molecular complexity index is 837. The third kappa shape index (κ3) is 4.35. The molecule has 1 amide bonds. The van der Waals surface area contributed by atoms with Crippen molar-refractivity contribution in [1.82, 2.24) is 20.4 Å². The smallest absolute Gasteiger partial charge is 0.255 e. The first-order valence-corrected chi connectivity index (χ1v) is 9.91. The van der Waals surface area contributed by atoms with Crippen molar-refractivity contribution in [1.29, 1.82) is 0 Å². The van der Waals surface area contributed by atoms with Crippen molar-refractivity contribution in [2.75, 3.05) is 32.1 Å². The van der Waals surface area contributed by atoms with Crippen LogP contribution >= 0.6 is 0 Å². The number of carbonyl (C=O) groups excluding carboxylic acids is 1. The molecule has 1 aliphatic rings. The van der Waals surface area contributed by atoms with Crippen LogP contribution in [-0.4, -0.2) is 54.2 Å². The van der Waals surface area contributed by atoms with Gasteiger partial charge in [-0.25, -0.2) is 4.98 Å². The van der Waals surface area contributed by atoms with E-state index in [2.05, 4.69) is 15.4 Å². The van der Waals surface area contributed by atoms with Gasteiger partial charge in [0.15, 0.2) is 0 Å². The Balaban J connectivity index is 1.83. The largest absolute Gasteiger partial charge is 0.362 e. The molecule has 0 unspecified atom stereocenters. The fourth-order valence-electron chi connectivity index (χ4n) is 3.63. The molecule has 0 fully saturated rings. The zero-order valence-corrected chi connectivity index (χ0v) is 17.8. The van der Waals surface area contributed by atoms with Crippen molar-refractivity contribution in [3.63, 3.8) is 0 Å². The molecule has 7 nitrogen and oxygen atoms in total. The average molecular weight is 386 g/mol. The molecule has 0 saturated carbocycles. The highest BCUT2D eigenvalue weighted by atomic mass is 16.5. The van der Waals surface area contributed by atoms with Crippen LogP contribution in [0.4, 0.5) is 5.82 Å². The molecule has 2 aromatic rings. The highest BCUT2D eigenvalue weighted by Crippen LogP contribution is 2.24. The number of fused-ring (bicyclic) bond motifs is 1. The molecule has 0 aromatic carbocycles. The molecule has 0 atom stereocenters. The average Bonchev–Trinajstić information content (AvgIpc) is 2.83. The Morgan fingerprint density at radius 1 is 1.29 bits per heavy atom. The minimum atomic E-state index is -0.0641. The van der Waals surface area contributed by atoms with Crippen LogP contribution in [0.25, 0.3) is 0 Å². The van der Waals surface area contributed by atoms with Gasteiger partial charge in [0, 0.05) is 57.4 Å². The van der Waals surface area contributed by atoms with Crippen LogP contribution in [0.1, 0.15) is 52.5 Å². The van der Waals surface area contributed by atoms with Crippen LogP contribution in [0.2, 0.25) is 0 Å². The number of rotatable bonds is 5. The second-order valence-corrected chi connectivity index (χ2v) is 8.07. The van der Waals surface area contributed by atoms with Crippen molar-refractivity contribution in [3.8, 4) is 0 Å². The number of pyridine rings is 1. The number of nitrogens with zero attached hydrogens (tertiary/aromatic N) is 4. The number of carbonyl (C=O) groups is 1. The zero-order chi connectivity index (χ0) is 20.4. The molecule has 2 aromatic heterocycles. The Morgan fingerprint density at radius 3 is 2.61 bits per heavy atom. The van der Waals surface area contributed by atoms with Gasteiger partial charge in [-0.3, -0.25) is 9.69 Å². The summed E-state index contributed by atoms with van der Waals surface area (Å²) >= 11 is 0. The third-order valence-corrected chi connectivity index (χ3v) is 5.18. The van der Waals surface area contributed by atoms with Crippen LogP contribution in [0.3, 0.4) is 0 Å². The maximum absolute atomic E-state index is 12.7. The molecular weight excluding hydrogens is 354 g/mol. The molecule has 7 heteroatoms. The number of aromatic nitrogens is 2. The van der Waals surface area contributed by atoms with Crippen LogP contribution < -0.4 is 10.2 Å². The van der Waals surface area contributed by atoms with Gasteiger partial charge in [0.25, 0.3) is 5.91 Å². The summed E-state index contributed by atoms with van der Waals surface area (Å²) in [6.07, 6.45) is 1.74.